The van der Waals surface area contributed by atoms with E-state index in [1.807, 2.05) is 44.3 Å². The largest absolute Gasteiger partial charge is 0.396 e. The minimum Gasteiger partial charge on any atom is -0.396 e. The molecular weight excluding hydrogens is 316 g/mol. The van der Waals surface area contributed by atoms with Gasteiger partial charge in [0.1, 0.15) is 5.82 Å². The molecule has 0 aliphatic carbocycles. The average Bonchev–Trinajstić information content (AvgIpc) is 2.68. The quantitative estimate of drug-likeness (QED) is 0.637. The Morgan fingerprint density at radius 3 is 2.56 bits per heavy atom. The van der Waals surface area contributed by atoms with Gasteiger partial charge in [0.15, 0.2) is 0 Å². The summed E-state index contributed by atoms with van der Waals surface area (Å²) in [7, 11) is 1.83. The van der Waals surface area contributed by atoms with E-state index in [0.29, 0.717) is 5.95 Å². The highest BCUT2D eigenvalue weighted by Crippen LogP contribution is 2.20. The van der Waals surface area contributed by atoms with Gasteiger partial charge in [-0.15, -0.1) is 0 Å². The highest BCUT2D eigenvalue weighted by molar-refractivity contribution is 5.62. The van der Waals surface area contributed by atoms with Crippen LogP contribution in [0, 0.1) is 0 Å². The number of rotatable bonds is 6. The smallest absolute Gasteiger partial charge is 0.227 e. The molecule has 25 heavy (non-hydrogen) atoms. The van der Waals surface area contributed by atoms with E-state index in [1.54, 1.807) is 18.6 Å². The molecule has 3 rings (SSSR count). The van der Waals surface area contributed by atoms with Crippen LogP contribution in [0.3, 0.4) is 0 Å². The van der Waals surface area contributed by atoms with Gasteiger partial charge in [-0.2, -0.15) is 0 Å². The summed E-state index contributed by atoms with van der Waals surface area (Å²) < 4.78 is 0. The molecule has 3 N–H and O–H groups in total. The lowest BCUT2D eigenvalue weighted by atomic mass is 10.1. The number of hydrogen-bond donors (Lipinski definition) is 3. The highest BCUT2D eigenvalue weighted by atomic mass is 16.3. The molecule has 0 saturated carbocycles. The van der Waals surface area contributed by atoms with Crippen molar-refractivity contribution >= 4 is 17.5 Å². The molecule has 1 atom stereocenters. The lowest BCUT2D eigenvalue weighted by molar-refractivity contribution is 0.271. The predicted molar refractivity (Wildman–Crippen MR) is 97.8 cm³/mol. The van der Waals surface area contributed by atoms with Crippen LogP contribution in [-0.4, -0.2) is 38.7 Å². The third-order valence-corrected chi connectivity index (χ3v) is 3.79. The SMILES string of the molecule is CNc1ccc(-c2ccnc(Nc3ccc(C(C)CO)nc3)n2)cn1. The van der Waals surface area contributed by atoms with Gasteiger partial charge in [-0.05, 0) is 30.3 Å². The first-order valence-electron chi connectivity index (χ1n) is 8.00. The van der Waals surface area contributed by atoms with Gasteiger partial charge in [0.05, 0.1) is 24.2 Å². The summed E-state index contributed by atoms with van der Waals surface area (Å²) in [5, 5.41) is 15.3. The number of nitrogens with zero attached hydrogens (tertiary/aromatic N) is 4. The van der Waals surface area contributed by atoms with E-state index in [-0.39, 0.29) is 12.5 Å². The van der Waals surface area contributed by atoms with Gasteiger partial charge in [-0.25, -0.2) is 15.0 Å². The summed E-state index contributed by atoms with van der Waals surface area (Å²) >= 11 is 0. The van der Waals surface area contributed by atoms with E-state index < -0.39 is 0 Å². The molecule has 7 nitrogen and oxygen atoms in total. The number of aliphatic hydroxyl groups is 1. The molecule has 0 aliphatic rings. The lowest BCUT2D eigenvalue weighted by Gasteiger charge is -2.09. The van der Waals surface area contributed by atoms with Gasteiger partial charge in [0.2, 0.25) is 5.95 Å². The van der Waals surface area contributed by atoms with Crippen molar-refractivity contribution in [2.24, 2.45) is 0 Å². The number of hydrogen-bond acceptors (Lipinski definition) is 7. The molecule has 0 spiro atoms. The van der Waals surface area contributed by atoms with E-state index in [4.69, 9.17) is 0 Å². The van der Waals surface area contributed by atoms with Gasteiger partial charge < -0.3 is 15.7 Å². The van der Waals surface area contributed by atoms with Crippen molar-refractivity contribution in [2.45, 2.75) is 12.8 Å². The maximum Gasteiger partial charge on any atom is 0.227 e. The molecule has 3 heterocycles. The molecule has 0 fully saturated rings. The van der Waals surface area contributed by atoms with E-state index in [0.717, 1.165) is 28.5 Å². The molecule has 0 bridgehead atoms. The van der Waals surface area contributed by atoms with Gasteiger partial charge in [0.25, 0.3) is 0 Å². The van der Waals surface area contributed by atoms with Crippen LogP contribution in [0.25, 0.3) is 11.3 Å². The summed E-state index contributed by atoms with van der Waals surface area (Å²) in [6.45, 7) is 2.00. The standard InChI is InChI=1S/C18H20N6O/c1-12(11-25)15-5-4-14(10-21-15)23-18-20-8-7-16(24-18)13-3-6-17(19-2)22-9-13/h3-10,12,25H,11H2,1-2H3,(H,19,22)(H,20,23,24). The highest BCUT2D eigenvalue weighted by Gasteiger charge is 2.07. The van der Waals surface area contributed by atoms with Crippen molar-refractivity contribution in [3.63, 3.8) is 0 Å². The van der Waals surface area contributed by atoms with Crippen LogP contribution in [0.15, 0.2) is 48.9 Å². The number of aromatic nitrogens is 4. The number of aliphatic hydroxyl groups excluding tert-OH is 1. The Morgan fingerprint density at radius 1 is 1.04 bits per heavy atom. The van der Waals surface area contributed by atoms with Crippen molar-refractivity contribution in [1.82, 2.24) is 19.9 Å². The van der Waals surface area contributed by atoms with Gasteiger partial charge in [-0.3, -0.25) is 4.98 Å². The van der Waals surface area contributed by atoms with Crippen molar-refractivity contribution < 1.29 is 5.11 Å². The molecule has 7 heteroatoms. The van der Waals surface area contributed by atoms with Crippen LogP contribution in [0.5, 0.6) is 0 Å². The molecule has 3 aromatic rings. The van der Waals surface area contributed by atoms with Crippen LogP contribution in [0.2, 0.25) is 0 Å². The molecule has 0 radical (unpaired) electrons. The second-order valence-corrected chi connectivity index (χ2v) is 5.63. The van der Waals surface area contributed by atoms with E-state index in [9.17, 15) is 5.11 Å². The Bertz CT molecular complexity index is 820. The van der Waals surface area contributed by atoms with Crippen LogP contribution in [0.1, 0.15) is 18.5 Å². The first kappa shape index (κ1) is 16.8. The minimum atomic E-state index is 0.0155. The van der Waals surface area contributed by atoms with Crippen molar-refractivity contribution in [2.75, 3.05) is 24.3 Å². The first-order valence-corrected chi connectivity index (χ1v) is 8.00. The zero-order chi connectivity index (χ0) is 17.6. The summed E-state index contributed by atoms with van der Waals surface area (Å²) in [5.41, 5.74) is 3.33. The maximum absolute atomic E-state index is 9.18. The van der Waals surface area contributed by atoms with Crippen molar-refractivity contribution in [3.05, 3.63) is 54.6 Å². The second-order valence-electron chi connectivity index (χ2n) is 5.63. The number of pyridine rings is 2. The minimum absolute atomic E-state index is 0.0155. The molecule has 0 saturated heterocycles. The fourth-order valence-electron chi connectivity index (χ4n) is 2.27. The Labute approximate surface area is 146 Å². The van der Waals surface area contributed by atoms with Crippen LogP contribution in [0.4, 0.5) is 17.5 Å². The molecule has 128 valence electrons. The topological polar surface area (TPSA) is 95.9 Å². The molecule has 1 unspecified atom stereocenters. The zero-order valence-electron chi connectivity index (χ0n) is 14.1. The Balaban J connectivity index is 1.77. The Hall–Kier alpha value is -3.06. The number of nitrogens with one attached hydrogen (secondary N) is 2. The monoisotopic (exact) mass is 336 g/mol. The maximum atomic E-state index is 9.18. The predicted octanol–water partition coefficient (Wildman–Crippen LogP) is 2.81. The third kappa shape index (κ3) is 4.07. The van der Waals surface area contributed by atoms with Crippen LogP contribution in [-0.2, 0) is 0 Å². The molecular formula is C18H20N6O. The van der Waals surface area contributed by atoms with Crippen LogP contribution < -0.4 is 10.6 Å². The first-order chi connectivity index (χ1) is 12.2. The van der Waals surface area contributed by atoms with E-state index in [1.165, 1.54) is 0 Å². The Morgan fingerprint density at radius 2 is 1.92 bits per heavy atom. The zero-order valence-corrected chi connectivity index (χ0v) is 14.1. The summed E-state index contributed by atoms with van der Waals surface area (Å²) in [5.74, 6) is 1.31. The molecule has 0 aromatic carbocycles. The lowest BCUT2D eigenvalue weighted by Crippen LogP contribution is -2.03. The number of anilines is 3. The third-order valence-electron chi connectivity index (χ3n) is 3.79. The van der Waals surface area contributed by atoms with Gasteiger partial charge >= 0.3 is 0 Å². The fraction of sp³-hybridized carbons (Fsp3) is 0.222. The summed E-state index contributed by atoms with van der Waals surface area (Å²) in [6, 6.07) is 9.47. The average molecular weight is 336 g/mol. The molecule has 3 aromatic heterocycles. The van der Waals surface area contributed by atoms with E-state index >= 15 is 0 Å². The van der Waals surface area contributed by atoms with Gasteiger partial charge in [-0.1, -0.05) is 6.92 Å². The summed E-state index contributed by atoms with van der Waals surface area (Å²) in [4.78, 5) is 17.4. The van der Waals surface area contributed by atoms with Crippen molar-refractivity contribution in [3.8, 4) is 11.3 Å². The summed E-state index contributed by atoms with van der Waals surface area (Å²) in [6.07, 6.45) is 5.18. The molecule has 0 aliphatic heterocycles. The Kier molecular flexibility index (Phi) is 5.15. The second kappa shape index (κ2) is 7.67. The molecule has 0 amide bonds. The normalized spacial score (nSPS) is 11.8. The fourth-order valence-corrected chi connectivity index (χ4v) is 2.27. The van der Waals surface area contributed by atoms with E-state index in [2.05, 4.69) is 30.6 Å². The van der Waals surface area contributed by atoms with Gasteiger partial charge in [0, 0.05) is 36.6 Å². The van der Waals surface area contributed by atoms with Crippen LogP contribution >= 0.6 is 0 Å². The van der Waals surface area contributed by atoms with Crippen molar-refractivity contribution in [1.29, 1.82) is 0 Å².